The van der Waals surface area contributed by atoms with Gasteiger partial charge in [-0.15, -0.1) is 0 Å². The Morgan fingerprint density at radius 2 is 1.50 bits per heavy atom. The number of benzene rings is 5. The predicted octanol–water partition coefficient (Wildman–Crippen LogP) is 6.73. The van der Waals surface area contributed by atoms with E-state index in [-0.39, 0.29) is 0 Å². The molecule has 0 amide bonds. The molecule has 0 N–H and O–H groups in total. The summed E-state index contributed by atoms with van der Waals surface area (Å²) in [6.45, 7) is 1.91. The van der Waals surface area contributed by atoms with Crippen LogP contribution in [0.5, 0.6) is 0 Å². The van der Waals surface area contributed by atoms with E-state index in [2.05, 4.69) is 64.1 Å². The molecule has 172 valence electrons. The Labute approximate surface area is 206 Å². The molecule has 36 heavy (non-hydrogen) atoms. The minimum absolute atomic E-state index is 0.299. The molecule has 0 fully saturated rings. The molecule has 0 spiro atoms. The monoisotopic (exact) mass is 485 g/mol. The number of nitrogens with zero attached hydrogens (tertiary/aromatic N) is 3. The fourth-order valence-electron chi connectivity index (χ4n) is 5.90. The van der Waals surface area contributed by atoms with E-state index in [1.165, 1.54) is 16.2 Å². The highest BCUT2D eigenvalue weighted by Crippen LogP contribution is 2.42. The first-order valence-corrected chi connectivity index (χ1v) is 13.3. The van der Waals surface area contributed by atoms with Crippen molar-refractivity contribution in [2.24, 2.45) is 0 Å². The topological polar surface area (TPSA) is 56.9 Å². The maximum Gasteiger partial charge on any atom is 0.210 e. The Bertz CT molecular complexity index is 2190. The Hall–Kier alpha value is -4.42. The number of rotatable bonds is 1. The maximum absolute atomic E-state index is 13.9. The zero-order valence-electron chi connectivity index (χ0n) is 19.3. The number of para-hydroxylation sites is 2. The number of fused-ring (bicyclic) bond motifs is 7. The van der Waals surface area contributed by atoms with E-state index in [1.807, 2.05) is 41.8 Å². The van der Waals surface area contributed by atoms with Crippen LogP contribution in [0.1, 0.15) is 5.82 Å². The lowest BCUT2D eigenvalue weighted by Gasteiger charge is -2.21. The average molecular weight is 486 g/mol. The third-order valence-electron chi connectivity index (χ3n) is 7.39. The molecule has 0 bridgehead atoms. The van der Waals surface area contributed by atoms with Gasteiger partial charge in [-0.2, -0.15) is 0 Å². The fourth-order valence-corrected chi connectivity index (χ4v) is 7.56. The van der Waals surface area contributed by atoms with Crippen LogP contribution in [0, 0.1) is 6.92 Å². The van der Waals surface area contributed by atoms with Gasteiger partial charge in [0.05, 0.1) is 37.5 Å². The SMILES string of the molecule is Cc1nc2cccc3c2n1-c1ccc(-n2c4ccccc4c4c5ccccc5ccc42)cc1S3(=O)=O. The van der Waals surface area contributed by atoms with E-state index >= 15 is 0 Å². The number of aryl methyl sites for hydroxylation is 1. The van der Waals surface area contributed by atoms with E-state index in [0.29, 0.717) is 26.5 Å². The highest BCUT2D eigenvalue weighted by atomic mass is 32.2. The van der Waals surface area contributed by atoms with Gasteiger partial charge in [-0.3, -0.25) is 4.57 Å². The van der Waals surface area contributed by atoms with Gasteiger partial charge in [-0.05, 0) is 60.2 Å². The summed E-state index contributed by atoms with van der Waals surface area (Å²) in [5, 5.41) is 4.67. The normalized spacial score (nSPS) is 14.1. The molecule has 5 nitrogen and oxygen atoms in total. The fraction of sp³-hybridized carbons (Fsp3) is 0.0333. The molecule has 5 aromatic carbocycles. The van der Waals surface area contributed by atoms with Crippen LogP contribution in [0.4, 0.5) is 0 Å². The van der Waals surface area contributed by atoms with Gasteiger partial charge < -0.3 is 4.57 Å². The maximum atomic E-state index is 13.9. The lowest BCUT2D eigenvalue weighted by Crippen LogP contribution is -2.15. The minimum atomic E-state index is -3.72. The van der Waals surface area contributed by atoms with Crippen molar-refractivity contribution >= 4 is 53.4 Å². The number of aromatic nitrogens is 3. The van der Waals surface area contributed by atoms with Crippen LogP contribution < -0.4 is 0 Å². The van der Waals surface area contributed by atoms with E-state index < -0.39 is 9.84 Å². The number of hydrogen-bond acceptors (Lipinski definition) is 3. The number of imidazole rings is 1. The minimum Gasteiger partial charge on any atom is -0.309 e. The summed E-state index contributed by atoms with van der Waals surface area (Å²) in [6, 6.07) is 32.0. The predicted molar refractivity (Wildman–Crippen MR) is 143 cm³/mol. The third-order valence-corrected chi connectivity index (χ3v) is 9.21. The summed E-state index contributed by atoms with van der Waals surface area (Å²) in [7, 11) is -3.72. The third kappa shape index (κ3) is 2.34. The molecule has 2 aromatic heterocycles. The van der Waals surface area contributed by atoms with E-state index in [9.17, 15) is 8.42 Å². The Balaban J connectivity index is 1.50. The first kappa shape index (κ1) is 19.8. The molecular weight excluding hydrogens is 466 g/mol. The summed E-state index contributed by atoms with van der Waals surface area (Å²) >= 11 is 0. The largest absolute Gasteiger partial charge is 0.309 e. The van der Waals surface area contributed by atoms with Gasteiger partial charge in [0.15, 0.2) is 0 Å². The molecule has 1 aliphatic heterocycles. The van der Waals surface area contributed by atoms with Crippen molar-refractivity contribution in [3.05, 3.63) is 103 Å². The Morgan fingerprint density at radius 1 is 0.694 bits per heavy atom. The Morgan fingerprint density at radius 3 is 2.39 bits per heavy atom. The van der Waals surface area contributed by atoms with Gasteiger partial charge in [0.2, 0.25) is 9.84 Å². The van der Waals surface area contributed by atoms with Gasteiger partial charge in [-0.25, -0.2) is 13.4 Å². The first-order valence-electron chi connectivity index (χ1n) is 11.8. The number of sulfone groups is 1. The molecule has 7 aromatic rings. The summed E-state index contributed by atoms with van der Waals surface area (Å²) in [4.78, 5) is 5.23. The quantitative estimate of drug-likeness (QED) is 0.259. The van der Waals surface area contributed by atoms with Crippen LogP contribution in [0.25, 0.3) is 55.0 Å². The van der Waals surface area contributed by atoms with Crippen molar-refractivity contribution in [1.82, 2.24) is 14.1 Å². The van der Waals surface area contributed by atoms with Crippen molar-refractivity contribution in [2.45, 2.75) is 16.7 Å². The van der Waals surface area contributed by atoms with Gasteiger partial charge >= 0.3 is 0 Å². The zero-order valence-corrected chi connectivity index (χ0v) is 20.1. The lowest BCUT2D eigenvalue weighted by atomic mass is 10.0. The molecule has 6 heteroatoms. The molecule has 8 rings (SSSR count). The second-order valence-corrected chi connectivity index (χ2v) is 11.2. The summed E-state index contributed by atoms with van der Waals surface area (Å²) < 4.78 is 31.9. The summed E-state index contributed by atoms with van der Waals surface area (Å²) in [5.74, 6) is 0.768. The standard InChI is InChI=1S/C30H19N3O2S/c1-18-31-23-10-6-12-27-30(23)32(18)25-16-14-20(17-28(25)36(27,34)35)33-24-11-5-4-9-22(24)29-21-8-3-2-7-19(21)13-15-26(29)33/h2-17H,1H3. The van der Waals surface area contributed by atoms with Crippen molar-refractivity contribution in [3.8, 4) is 11.4 Å². The van der Waals surface area contributed by atoms with Crippen LogP contribution in [-0.4, -0.2) is 22.5 Å². The second-order valence-electron chi connectivity index (χ2n) is 9.31. The van der Waals surface area contributed by atoms with Crippen molar-refractivity contribution in [2.75, 3.05) is 0 Å². The molecule has 0 saturated carbocycles. The van der Waals surface area contributed by atoms with Gasteiger partial charge in [0.25, 0.3) is 0 Å². The zero-order chi connectivity index (χ0) is 24.2. The molecular formula is C30H19N3O2S. The summed E-state index contributed by atoms with van der Waals surface area (Å²) in [6.07, 6.45) is 0. The molecule has 0 aliphatic carbocycles. The van der Waals surface area contributed by atoms with E-state index in [0.717, 1.165) is 27.9 Å². The smallest absolute Gasteiger partial charge is 0.210 e. The average Bonchev–Trinajstić information content (AvgIpc) is 3.42. The van der Waals surface area contributed by atoms with Crippen molar-refractivity contribution in [3.63, 3.8) is 0 Å². The van der Waals surface area contributed by atoms with Gasteiger partial charge in [0, 0.05) is 16.5 Å². The highest BCUT2D eigenvalue weighted by Gasteiger charge is 2.33. The Kier molecular flexibility index (Phi) is 3.65. The molecule has 1 aliphatic rings. The summed E-state index contributed by atoms with van der Waals surface area (Å²) in [5.41, 5.74) is 4.88. The highest BCUT2D eigenvalue weighted by molar-refractivity contribution is 7.92. The van der Waals surface area contributed by atoms with Gasteiger partial charge in [0.1, 0.15) is 5.82 Å². The van der Waals surface area contributed by atoms with Crippen LogP contribution in [0.3, 0.4) is 0 Å². The van der Waals surface area contributed by atoms with Gasteiger partial charge in [-0.1, -0.05) is 54.6 Å². The van der Waals surface area contributed by atoms with E-state index in [4.69, 9.17) is 0 Å². The van der Waals surface area contributed by atoms with Crippen LogP contribution in [-0.2, 0) is 9.84 Å². The van der Waals surface area contributed by atoms with Crippen LogP contribution in [0.2, 0.25) is 0 Å². The first-order chi connectivity index (χ1) is 17.5. The van der Waals surface area contributed by atoms with Crippen LogP contribution >= 0.6 is 0 Å². The van der Waals surface area contributed by atoms with E-state index in [1.54, 1.807) is 12.1 Å². The molecule has 0 atom stereocenters. The lowest BCUT2D eigenvalue weighted by molar-refractivity contribution is 0.594. The van der Waals surface area contributed by atoms with Crippen molar-refractivity contribution in [1.29, 1.82) is 0 Å². The molecule has 0 unspecified atom stereocenters. The molecule has 3 heterocycles. The molecule has 0 radical (unpaired) electrons. The van der Waals surface area contributed by atoms with Crippen molar-refractivity contribution < 1.29 is 8.42 Å². The number of hydrogen-bond donors (Lipinski definition) is 0. The second kappa shape index (κ2) is 6.62. The molecule has 0 saturated heterocycles. The van der Waals surface area contributed by atoms with Crippen LogP contribution in [0.15, 0.2) is 107 Å².